The van der Waals surface area contributed by atoms with Gasteiger partial charge in [-0.05, 0) is 84.7 Å². The van der Waals surface area contributed by atoms with Crippen LogP contribution >= 0.6 is 34.2 Å². The SMILES string of the molecule is O=C(c1nn2c(I)cc(C3CC3)cc2c1Cl)N1CCN(C2CCC(O)CC2)C(=O)C1. The number of hydrogen-bond acceptors (Lipinski definition) is 4. The average Bonchev–Trinajstić information content (AvgIpc) is 3.53. The van der Waals surface area contributed by atoms with E-state index >= 15 is 0 Å². The molecule has 160 valence electrons. The molecular weight excluding hydrogens is 519 g/mol. The summed E-state index contributed by atoms with van der Waals surface area (Å²) in [5.74, 6) is 0.251. The molecule has 1 aliphatic heterocycles. The van der Waals surface area contributed by atoms with Crippen molar-refractivity contribution in [2.24, 2.45) is 0 Å². The van der Waals surface area contributed by atoms with Crippen molar-refractivity contribution in [3.05, 3.63) is 32.1 Å². The van der Waals surface area contributed by atoms with E-state index in [-0.39, 0.29) is 36.2 Å². The number of aliphatic hydroxyl groups is 1. The van der Waals surface area contributed by atoms with Crippen molar-refractivity contribution in [1.82, 2.24) is 19.4 Å². The number of aromatic nitrogens is 2. The molecule has 7 nitrogen and oxygen atoms in total. The van der Waals surface area contributed by atoms with E-state index < -0.39 is 0 Å². The molecule has 2 aromatic rings. The molecule has 2 amide bonds. The third kappa shape index (κ3) is 3.71. The number of hydrogen-bond donors (Lipinski definition) is 1. The fourth-order valence-corrected chi connectivity index (χ4v) is 5.63. The lowest BCUT2D eigenvalue weighted by Crippen LogP contribution is -2.56. The standard InChI is InChI=1S/C21H24ClIN4O3/c22-19-16-9-13(12-1-2-12)10-17(23)27(16)24-20(19)21(30)25-7-8-26(18(29)11-25)14-3-5-15(28)6-4-14/h9-10,12,14-15,28H,1-8,11H2. The molecule has 1 saturated heterocycles. The second-order valence-corrected chi connectivity index (χ2v) is 10.1. The van der Waals surface area contributed by atoms with Gasteiger partial charge in [0.15, 0.2) is 5.69 Å². The maximum Gasteiger partial charge on any atom is 0.276 e. The Hall–Kier alpha value is -1.39. The predicted octanol–water partition coefficient (Wildman–Crippen LogP) is 3.06. The Balaban J connectivity index is 1.34. The van der Waals surface area contributed by atoms with Gasteiger partial charge in [-0.1, -0.05) is 11.6 Å². The van der Waals surface area contributed by atoms with E-state index in [1.807, 2.05) is 11.0 Å². The number of aliphatic hydroxyl groups excluding tert-OH is 1. The van der Waals surface area contributed by atoms with Crippen LogP contribution in [0.2, 0.25) is 5.02 Å². The van der Waals surface area contributed by atoms with Crippen LogP contribution in [0.5, 0.6) is 0 Å². The summed E-state index contributed by atoms with van der Waals surface area (Å²) in [4.78, 5) is 29.4. The van der Waals surface area contributed by atoms with Gasteiger partial charge in [-0.25, -0.2) is 4.52 Å². The van der Waals surface area contributed by atoms with Crippen LogP contribution in [0.3, 0.4) is 0 Å². The smallest absolute Gasteiger partial charge is 0.276 e. The van der Waals surface area contributed by atoms with Gasteiger partial charge >= 0.3 is 0 Å². The van der Waals surface area contributed by atoms with Crippen LogP contribution in [-0.2, 0) is 4.79 Å². The number of pyridine rings is 1. The third-order valence-electron chi connectivity index (χ3n) is 6.56. The highest BCUT2D eigenvalue weighted by Gasteiger charge is 2.35. The number of nitrogens with zero attached hydrogens (tertiary/aromatic N) is 4. The number of fused-ring (bicyclic) bond motifs is 1. The Morgan fingerprint density at radius 2 is 1.87 bits per heavy atom. The summed E-state index contributed by atoms with van der Waals surface area (Å²) in [5.41, 5.74) is 2.21. The van der Waals surface area contributed by atoms with E-state index in [1.165, 1.54) is 18.4 Å². The molecule has 1 N–H and O–H groups in total. The Morgan fingerprint density at radius 3 is 2.53 bits per heavy atom. The molecule has 0 bridgehead atoms. The summed E-state index contributed by atoms with van der Waals surface area (Å²) in [5, 5.41) is 14.6. The van der Waals surface area contributed by atoms with Gasteiger partial charge in [0.2, 0.25) is 5.91 Å². The molecule has 0 spiro atoms. The van der Waals surface area contributed by atoms with Crippen molar-refractivity contribution in [1.29, 1.82) is 0 Å². The van der Waals surface area contributed by atoms with Gasteiger partial charge < -0.3 is 14.9 Å². The van der Waals surface area contributed by atoms with Crippen molar-refractivity contribution in [2.75, 3.05) is 19.6 Å². The van der Waals surface area contributed by atoms with Crippen LogP contribution in [0.25, 0.3) is 5.52 Å². The van der Waals surface area contributed by atoms with Crippen LogP contribution in [0.1, 0.15) is 60.5 Å². The topological polar surface area (TPSA) is 78.2 Å². The molecular formula is C21H24ClIN4O3. The highest BCUT2D eigenvalue weighted by atomic mass is 127. The first-order valence-corrected chi connectivity index (χ1v) is 12.0. The molecule has 3 heterocycles. The summed E-state index contributed by atoms with van der Waals surface area (Å²) < 4.78 is 2.64. The van der Waals surface area contributed by atoms with Crippen molar-refractivity contribution in [2.45, 2.75) is 56.6 Å². The lowest BCUT2D eigenvalue weighted by Gasteiger charge is -2.41. The van der Waals surface area contributed by atoms with Gasteiger partial charge in [0.25, 0.3) is 5.91 Å². The van der Waals surface area contributed by atoms with Crippen LogP contribution in [-0.4, -0.2) is 68.1 Å². The molecule has 2 aromatic heterocycles. The van der Waals surface area contributed by atoms with E-state index in [0.717, 1.165) is 34.9 Å². The van der Waals surface area contributed by atoms with Crippen molar-refractivity contribution >= 4 is 51.5 Å². The van der Waals surface area contributed by atoms with Crippen molar-refractivity contribution in [3.8, 4) is 0 Å². The number of amides is 2. The van der Waals surface area contributed by atoms with Crippen molar-refractivity contribution < 1.29 is 14.7 Å². The summed E-state index contributed by atoms with van der Waals surface area (Å²) in [7, 11) is 0. The van der Waals surface area contributed by atoms with E-state index in [4.69, 9.17) is 11.6 Å². The molecule has 0 aromatic carbocycles. The van der Waals surface area contributed by atoms with Crippen LogP contribution in [0.15, 0.2) is 12.1 Å². The third-order valence-corrected chi connectivity index (χ3v) is 7.70. The Morgan fingerprint density at radius 1 is 1.13 bits per heavy atom. The summed E-state index contributed by atoms with van der Waals surface area (Å²) in [6, 6.07) is 4.30. The minimum Gasteiger partial charge on any atom is -0.393 e. The van der Waals surface area contributed by atoms with Gasteiger partial charge in [0, 0.05) is 19.1 Å². The molecule has 3 aliphatic rings. The van der Waals surface area contributed by atoms with E-state index in [9.17, 15) is 14.7 Å². The fraction of sp³-hybridized carbons (Fsp3) is 0.571. The maximum atomic E-state index is 13.2. The van der Waals surface area contributed by atoms with Gasteiger partial charge in [-0.3, -0.25) is 9.59 Å². The zero-order valence-electron chi connectivity index (χ0n) is 16.6. The van der Waals surface area contributed by atoms with Crippen LogP contribution in [0, 0.1) is 3.70 Å². The number of halogens is 2. The molecule has 0 unspecified atom stereocenters. The molecule has 30 heavy (non-hydrogen) atoms. The molecule has 0 atom stereocenters. The summed E-state index contributed by atoms with van der Waals surface area (Å²) in [6.07, 6.45) is 5.23. The lowest BCUT2D eigenvalue weighted by molar-refractivity contribution is -0.138. The first kappa shape index (κ1) is 20.5. The predicted molar refractivity (Wildman–Crippen MR) is 121 cm³/mol. The number of carbonyl (C=O) groups is 2. The largest absolute Gasteiger partial charge is 0.393 e. The van der Waals surface area contributed by atoms with Gasteiger partial charge in [0.1, 0.15) is 10.2 Å². The van der Waals surface area contributed by atoms with Crippen molar-refractivity contribution in [3.63, 3.8) is 0 Å². The molecule has 3 fully saturated rings. The van der Waals surface area contributed by atoms with Gasteiger partial charge in [-0.15, -0.1) is 0 Å². The zero-order chi connectivity index (χ0) is 21.0. The fourth-order valence-electron chi connectivity index (χ4n) is 4.65. The number of rotatable bonds is 3. The van der Waals surface area contributed by atoms with E-state index in [2.05, 4.69) is 33.8 Å². The second kappa shape index (κ2) is 7.94. The lowest BCUT2D eigenvalue weighted by atomic mass is 9.91. The first-order chi connectivity index (χ1) is 14.4. The van der Waals surface area contributed by atoms with E-state index in [0.29, 0.717) is 24.0 Å². The quantitative estimate of drug-likeness (QED) is 0.478. The Bertz CT molecular complexity index is 1010. The number of carbonyl (C=O) groups excluding carboxylic acids is 2. The Labute approximate surface area is 193 Å². The number of piperazine rings is 1. The molecule has 5 rings (SSSR count). The maximum absolute atomic E-state index is 13.2. The monoisotopic (exact) mass is 542 g/mol. The minimum absolute atomic E-state index is 0.0403. The van der Waals surface area contributed by atoms with Crippen LogP contribution in [0.4, 0.5) is 0 Å². The van der Waals surface area contributed by atoms with Crippen LogP contribution < -0.4 is 0 Å². The van der Waals surface area contributed by atoms with Gasteiger partial charge in [0.05, 0.1) is 16.6 Å². The first-order valence-electron chi connectivity index (χ1n) is 10.6. The molecule has 0 radical (unpaired) electrons. The molecule has 9 heteroatoms. The molecule has 2 aliphatic carbocycles. The molecule has 2 saturated carbocycles. The highest BCUT2D eigenvalue weighted by Crippen LogP contribution is 2.41. The van der Waals surface area contributed by atoms with E-state index in [1.54, 1.807) is 9.42 Å². The van der Waals surface area contributed by atoms with Gasteiger partial charge in [-0.2, -0.15) is 5.10 Å². The zero-order valence-corrected chi connectivity index (χ0v) is 19.5. The Kier molecular flexibility index (Phi) is 5.43. The normalized spacial score (nSPS) is 25.2. The average molecular weight is 543 g/mol. The second-order valence-electron chi connectivity index (χ2n) is 8.62. The minimum atomic E-state index is -0.292. The summed E-state index contributed by atoms with van der Waals surface area (Å²) in [6.45, 7) is 1.03. The summed E-state index contributed by atoms with van der Waals surface area (Å²) >= 11 is 8.81. The highest BCUT2D eigenvalue weighted by molar-refractivity contribution is 14.1.